The Morgan fingerprint density at radius 2 is 0.662 bits per heavy atom. The van der Waals surface area contributed by atoms with E-state index in [4.69, 9.17) is 15.0 Å². The molecule has 0 radical (unpaired) electrons. The van der Waals surface area contributed by atoms with Gasteiger partial charge in [-0.1, -0.05) is 218 Å². The fraction of sp³-hybridized carbons (Fsp3) is 0. The van der Waals surface area contributed by atoms with E-state index >= 15 is 0 Å². The van der Waals surface area contributed by atoms with E-state index in [1.165, 1.54) is 16.5 Å². The summed E-state index contributed by atoms with van der Waals surface area (Å²) in [6.45, 7) is 0. The summed E-state index contributed by atoms with van der Waals surface area (Å²) in [7, 11) is 0. The molecule has 0 aliphatic heterocycles. The molecule has 0 aliphatic carbocycles. The summed E-state index contributed by atoms with van der Waals surface area (Å²) in [6, 6.07) is 88.1. The van der Waals surface area contributed by atoms with Crippen LogP contribution in [0.5, 0.6) is 0 Å². The van der Waals surface area contributed by atoms with Crippen molar-refractivity contribution in [3.63, 3.8) is 0 Å². The van der Waals surface area contributed by atoms with Crippen LogP contribution >= 0.6 is 0 Å². The van der Waals surface area contributed by atoms with E-state index < -0.39 is 0 Å². The maximum absolute atomic E-state index is 5.50. The first-order chi connectivity index (χ1) is 33.7. The molecule has 0 saturated heterocycles. The minimum atomic E-state index is 0.542. The van der Waals surface area contributed by atoms with Gasteiger partial charge in [-0.05, 0) is 69.3 Å². The normalized spacial score (nSPS) is 11.5. The highest BCUT2D eigenvalue weighted by Gasteiger charge is 2.24. The third-order valence-electron chi connectivity index (χ3n) is 13.2. The van der Waals surface area contributed by atoms with E-state index in [2.05, 4.69) is 252 Å². The molecule has 0 atom stereocenters. The van der Waals surface area contributed by atoms with Crippen LogP contribution in [-0.4, -0.2) is 24.1 Å². The van der Waals surface area contributed by atoms with Crippen molar-refractivity contribution < 1.29 is 0 Å². The van der Waals surface area contributed by atoms with Crippen molar-refractivity contribution in [3.8, 4) is 78.9 Å². The van der Waals surface area contributed by atoms with Crippen LogP contribution in [0.2, 0.25) is 0 Å². The second kappa shape index (κ2) is 16.4. The summed E-state index contributed by atoms with van der Waals surface area (Å²) >= 11 is 0. The van der Waals surface area contributed by atoms with Crippen molar-refractivity contribution in [3.05, 3.63) is 249 Å². The Morgan fingerprint density at radius 1 is 0.250 bits per heavy atom. The average Bonchev–Trinajstić information content (AvgIpc) is 3.95. The first-order valence-electron chi connectivity index (χ1n) is 23.0. The van der Waals surface area contributed by atoms with Crippen LogP contribution in [0.15, 0.2) is 249 Å². The molecule has 0 bridgehead atoms. The molecule has 318 valence electrons. The summed E-state index contributed by atoms with van der Waals surface area (Å²) in [5.41, 5.74) is 16.3. The molecule has 0 aliphatic rings. The maximum atomic E-state index is 5.50. The Labute approximate surface area is 393 Å². The standard InChI is InChI=1S/C63H41N5/c1-4-18-42(19-5-1)44-34-36-46(37-35-44)61-64-62(50-27-17-26-49(41-50)48-25-16-24-47(40-48)43-20-6-2-7-21-43)66-63(65-61)68-58-33-15-12-30-53(58)55-39-38-54-52-29-11-14-32-57(52)67(59(54)60(55)68)56-31-13-10-28-51(56)45-22-8-3-9-23-45/h1-41H. The number of aromatic nitrogens is 5. The maximum Gasteiger partial charge on any atom is 0.238 e. The van der Waals surface area contributed by atoms with Crippen LogP contribution in [0.25, 0.3) is 123 Å². The molecule has 0 unspecified atom stereocenters. The van der Waals surface area contributed by atoms with Crippen molar-refractivity contribution in [2.24, 2.45) is 0 Å². The number of para-hydroxylation sites is 3. The summed E-state index contributed by atoms with van der Waals surface area (Å²) < 4.78 is 4.72. The predicted octanol–water partition coefficient (Wildman–Crippen LogP) is 16.1. The molecule has 0 N–H and O–H groups in total. The van der Waals surface area contributed by atoms with Crippen molar-refractivity contribution in [1.29, 1.82) is 0 Å². The molecular formula is C63H41N5. The van der Waals surface area contributed by atoms with Crippen molar-refractivity contribution >= 4 is 43.6 Å². The van der Waals surface area contributed by atoms with Gasteiger partial charge in [-0.3, -0.25) is 4.57 Å². The lowest BCUT2D eigenvalue weighted by atomic mass is 9.98. The lowest BCUT2D eigenvalue weighted by molar-refractivity contribution is 0.953. The smallest absolute Gasteiger partial charge is 0.238 e. The molecule has 0 saturated carbocycles. The summed E-state index contributed by atoms with van der Waals surface area (Å²) in [6.07, 6.45) is 0. The summed E-state index contributed by atoms with van der Waals surface area (Å²) in [4.78, 5) is 16.3. The van der Waals surface area contributed by atoms with Crippen molar-refractivity contribution in [1.82, 2.24) is 24.1 Å². The molecule has 0 fully saturated rings. The molecule has 3 aromatic heterocycles. The minimum absolute atomic E-state index is 0.542. The van der Waals surface area contributed by atoms with E-state index in [-0.39, 0.29) is 0 Å². The largest absolute Gasteiger partial charge is 0.307 e. The molecule has 68 heavy (non-hydrogen) atoms. The second-order valence-electron chi connectivity index (χ2n) is 17.2. The van der Waals surface area contributed by atoms with E-state index in [9.17, 15) is 0 Å². The van der Waals surface area contributed by atoms with E-state index in [0.29, 0.717) is 17.6 Å². The Kier molecular flexibility index (Phi) is 9.43. The van der Waals surface area contributed by atoms with Gasteiger partial charge in [0.1, 0.15) is 0 Å². The lowest BCUT2D eigenvalue weighted by Crippen LogP contribution is -2.07. The number of benzene rings is 10. The zero-order chi connectivity index (χ0) is 45.0. The Hall–Kier alpha value is -9.19. The molecule has 13 rings (SSSR count). The van der Waals surface area contributed by atoms with Gasteiger partial charge in [-0.15, -0.1) is 0 Å². The number of rotatable bonds is 8. The summed E-state index contributed by atoms with van der Waals surface area (Å²) in [5, 5.41) is 4.56. The van der Waals surface area contributed by atoms with E-state index in [0.717, 1.165) is 88.4 Å². The highest BCUT2D eigenvalue weighted by molar-refractivity contribution is 6.24. The first kappa shape index (κ1) is 39.2. The van der Waals surface area contributed by atoms with Crippen LogP contribution in [0.4, 0.5) is 0 Å². The van der Waals surface area contributed by atoms with Crippen molar-refractivity contribution in [2.45, 2.75) is 0 Å². The third-order valence-corrected chi connectivity index (χ3v) is 13.2. The highest BCUT2D eigenvalue weighted by Crippen LogP contribution is 2.43. The Morgan fingerprint density at radius 3 is 1.29 bits per heavy atom. The SMILES string of the molecule is c1ccc(-c2ccc(-c3nc(-c4cccc(-c5cccc(-c6ccccc6)c5)c4)nc(-n4c5ccccc5c5ccc6c7ccccc7n(-c7ccccc7-c7ccccc7)c6c54)n3)cc2)cc1. The third kappa shape index (κ3) is 6.68. The van der Waals surface area contributed by atoms with Gasteiger partial charge in [0.05, 0.1) is 27.8 Å². The molecule has 13 aromatic rings. The number of hydrogen-bond acceptors (Lipinski definition) is 3. The molecule has 0 amide bonds. The number of nitrogens with zero attached hydrogens (tertiary/aromatic N) is 5. The molecule has 10 aromatic carbocycles. The molecule has 5 nitrogen and oxygen atoms in total. The van der Waals surface area contributed by atoms with Crippen LogP contribution in [0, 0.1) is 0 Å². The minimum Gasteiger partial charge on any atom is -0.307 e. The van der Waals surface area contributed by atoms with Crippen LogP contribution in [-0.2, 0) is 0 Å². The fourth-order valence-corrected chi connectivity index (χ4v) is 10.0. The van der Waals surface area contributed by atoms with Crippen LogP contribution in [0.1, 0.15) is 0 Å². The topological polar surface area (TPSA) is 48.5 Å². The first-order valence-corrected chi connectivity index (χ1v) is 23.0. The van der Waals surface area contributed by atoms with Gasteiger partial charge < -0.3 is 4.57 Å². The van der Waals surface area contributed by atoms with Gasteiger partial charge in [-0.2, -0.15) is 9.97 Å². The average molecular weight is 868 g/mol. The van der Waals surface area contributed by atoms with Crippen molar-refractivity contribution in [2.75, 3.05) is 0 Å². The Bertz CT molecular complexity index is 4000. The summed E-state index contributed by atoms with van der Waals surface area (Å²) in [5.74, 6) is 1.72. The molecule has 5 heteroatoms. The van der Waals surface area contributed by atoms with Gasteiger partial charge in [0.15, 0.2) is 11.6 Å². The monoisotopic (exact) mass is 867 g/mol. The molecular weight excluding hydrogens is 827 g/mol. The fourth-order valence-electron chi connectivity index (χ4n) is 10.0. The van der Waals surface area contributed by atoms with Crippen LogP contribution < -0.4 is 0 Å². The van der Waals surface area contributed by atoms with Gasteiger partial charge >= 0.3 is 0 Å². The Balaban J connectivity index is 1.08. The second-order valence-corrected chi connectivity index (χ2v) is 17.2. The van der Waals surface area contributed by atoms with Gasteiger partial charge in [0.2, 0.25) is 5.95 Å². The van der Waals surface area contributed by atoms with Gasteiger partial charge in [0, 0.05) is 38.2 Å². The lowest BCUT2D eigenvalue weighted by Gasteiger charge is -2.16. The zero-order valence-corrected chi connectivity index (χ0v) is 36.9. The predicted molar refractivity (Wildman–Crippen MR) is 281 cm³/mol. The van der Waals surface area contributed by atoms with Crippen LogP contribution in [0.3, 0.4) is 0 Å². The quantitative estimate of drug-likeness (QED) is 0.153. The van der Waals surface area contributed by atoms with Gasteiger partial charge in [-0.25, -0.2) is 4.98 Å². The molecule has 0 spiro atoms. The van der Waals surface area contributed by atoms with Gasteiger partial charge in [0.25, 0.3) is 0 Å². The van der Waals surface area contributed by atoms with E-state index in [1.54, 1.807) is 0 Å². The highest BCUT2D eigenvalue weighted by atomic mass is 15.2. The number of fused-ring (bicyclic) bond motifs is 7. The number of hydrogen-bond donors (Lipinski definition) is 0. The van der Waals surface area contributed by atoms with E-state index in [1.807, 2.05) is 6.07 Å². The molecule has 3 heterocycles. The zero-order valence-electron chi connectivity index (χ0n) is 36.9.